The maximum atomic E-state index is 2.41. The lowest BCUT2D eigenvalue weighted by atomic mass is 9.70. The van der Waals surface area contributed by atoms with E-state index in [1.54, 1.807) is 0 Å². The molecule has 0 saturated heterocycles. The molecule has 0 bridgehead atoms. The summed E-state index contributed by atoms with van der Waals surface area (Å²) in [6.07, 6.45) is 15.8. The SMILES string of the molecule is C[C@]12C=CC=CC1C(N(c1ccccc1)c1ccc(-c3ccc(N(c4ccccc4)c4cccc5ccccc45)cc3)cc1)=CC=C2. The van der Waals surface area contributed by atoms with Crippen molar-refractivity contribution < 1.29 is 0 Å². The van der Waals surface area contributed by atoms with E-state index in [0.29, 0.717) is 0 Å². The van der Waals surface area contributed by atoms with Gasteiger partial charge in [-0.3, -0.25) is 0 Å². The van der Waals surface area contributed by atoms with E-state index in [0.717, 1.165) is 22.7 Å². The van der Waals surface area contributed by atoms with Gasteiger partial charge in [0.1, 0.15) is 0 Å². The standard InChI is InChI=1S/C45H36N2/c1-45-32-11-10-21-42(45)44(23-13-33-45)47(38-18-6-3-7-19-38)40-30-26-35(27-31-40)34-24-28-39(29-25-34)46(37-16-4-2-5-17-37)43-22-12-15-36-14-8-9-20-41(36)43/h2-33,42H,1H3/t42?,45-/m1/s1. The van der Waals surface area contributed by atoms with Crippen LogP contribution in [0.25, 0.3) is 21.9 Å². The Kier molecular flexibility index (Phi) is 7.39. The number of anilines is 5. The molecule has 2 aliphatic rings. The van der Waals surface area contributed by atoms with Gasteiger partial charge >= 0.3 is 0 Å². The number of rotatable bonds is 7. The normalized spacial score (nSPS) is 18.1. The fourth-order valence-corrected chi connectivity index (χ4v) is 7.03. The van der Waals surface area contributed by atoms with Crippen molar-refractivity contribution in [2.75, 3.05) is 9.80 Å². The highest BCUT2D eigenvalue weighted by molar-refractivity contribution is 5.99. The molecule has 1 unspecified atom stereocenters. The van der Waals surface area contributed by atoms with Gasteiger partial charge in [0, 0.05) is 45.2 Å². The first-order valence-electron chi connectivity index (χ1n) is 16.3. The van der Waals surface area contributed by atoms with Crippen LogP contribution in [0.1, 0.15) is 6.92 Å². The Morgan fingerprint density at radius 3 is 1.68 bits per heavy atom. The smallest absolute Gasteiger partial charge is 0.0540 e. The molecule has 47 heavy (non-hydrogen) atoms. The van der Waals surface area contributed by atoms with Gasteiger partial charge in [-0.25, -0.2) is 0 Å². The summed E-state index contributed by atoms with van der Waals surface area (Å²) in [4.78, 5) is 4.76. The number of hydrogen-bond donors (Lipinski definition) is 0. The molecule has 0 aliphatic heterocycles. The number of fused-ring (bicyclic) bond motifs is 2. The minimum absolute atomic E-state index is 0.0484. The minimum Gasteiger partial charge on any atom is -0.314 e. The molecule has 0 fully saturated rings. The van der Waals surface area contributed by atoms with Crippen molar-refractivity contribution in [1.29, 1.82) is 0 Å². The molecule has 8 rings (SSSR count). The Balaban J connectivity index is 1.14. The largest absolute Gasteiger partial charge is 0.314 e. The quantitative estimate of drug-likeness (QED) is 0.179. The lowest BCUT2D eigenvalue weighted by molar-refractivity contribution is 0.428. The van der Waals surface area contributed by atoms with Gasteiger partial charge in [0.25, 0.3) is 0 Å². The first-order valence-corrected chi connectivity index (χ1v) is 16.3. The summed E-state index contributed by atoms with van der Waals surface area (Å²) >= 11 is 0. The van der Waals surface area contributed by atoms with Crippen LogP contribution < -0.4 is 9.80 Å². The summed E-state index contributed by atoms with van der Waals surface area (Å²) in [5.41, 5.74) is 9.32. The Bertz CT molecular complexity index is 2130. The minimum atomic E-state index is -0.0484. The highest BCUT2D eigenvalue weighted by Gasteiger charge is 2.36. The Labute approximate surface area is 277 Å². The van der Waals surface area contributed by atoms with E-state index >= 15 is 0 Å². The number of nitrogens with zero attached hydrogens (tertiary/aromatic N) is 2. The van der Waals surface area contributed by atoms with Gasteiger partial charge in [0.15, 0.2) is 0 Å². The molecular formula is C45H36N2. The first kappa shape index (κ1) is 28.6. The average molecular weight is 605 g/mol. The summed E-state index contributed by atoms with van der Waals surface area (Å²) in [7, 11) is 0. The highest BCUT2D eigenvalue weighted by atomic mass is 15.2. The predicted octanol–water partition coefficient (Wildman–Crippen LogP) is 12.3. The molecule has 2 aliphatic carbocycles. The summed E-state index contributed by atoms with van der Waals surface area (Å²) in [5, 5.41) is 2.46. The van der Waals surface area contributed by atoms with Crippen LogP contribution in [0.5, 0.6) is 0 Å². The third-order valence-electron chi connectivity index (χ3n) is 9.46. The summed E-state index contributed by atoms with van der Waals surface area (Å²) in [6.45, 7) is 2.32. The number of para-hydroxylation sites is 2. The van der Waals surface area contributed by atoms with Crippen LogP contribution >= 0.6 is 0 Å². The molecule has 2 atom stereocenters. The molecule has 0 saturated carbocycles. The summed E-state index contributed by atoms with van der Waals surface area (Å²) in [6, 6.07) is 54.4. The molecule has 2 heteroatoms. The van der Waals surface area contributed by atoms with Gasteiger partial charge < -0.3 is 9.80 Å². The maximum Gasteiger partial charge on any atom is 0.0540 e. The molecule has 0 radical (unpaired) electrons. The fourth-order valence-electron chi connectivity index (χ4n) is 7.03. The van der Waals surface area contributed by atoms with Gasteiger partial charge in [-0.15, -0.1) is 0 Å². The van der Waals surface area contributed by atoms with E-state index in [2.05, 4.69) is 211 Å². The van der Waals surface area contributed by atoms with E-state index in [1.807, 2.05) is 0 Å². The van der Waals surface area contributed by atoms with E-state index in [4.69, 9.17) is 0 Å². The van der Waals surface area contributed by atoms with Gasteiger partial charge in [0.2, 0.25) is 0 Å². The van der Waals surface area contributed by atoms with Crippen molar-refractivity contribution >= 4 is 39.2 Å². The van der Waals surface area contributed by atoms with Crippen molar-refractivity contribution in [3.63, 3.8) is 0 Å². The van der Waals surface area contributed by atoms with Gasteiger partial charge in [-0.05, 0) is 77.2 Å². The third-order valence-corrected chi connectivity index (χ3v) is 9.46. The van der Waals surface area contributed by atoms with Crippen molar-refractivity contribution in [1.82, 2.24) is 0 Å². The van der Waals surface area contributed by atoms with Gasteiger partial charge in [-0.1, -0.05) is 140 Å². The van der Waals surface area contributed by atoms with Crippen molar-refractivity contribution in [2.45, 2.75) is 6.92 Å². The highest BCUT2D eigenvalue weighted by Crippen LogP contribution is 2.46. The molecule has 226 valence electrons. The third kappa shape index (κ3) is 5.38. The van der Waals surface area contributed by atoms with Crippen LogP contribution in [0.15, 0.2) is 200 Å². The average Bonchev–Trinajstić information content (AvgIpc) is 3.13. The van der Waals surface area contributed by atoms with Crippen LogP contribution in [0.2, 0.25) is 0 Å². The molecule has 0 N–H and O–H groups in total. The van der Waals surface area contributed by atoms with Gasteiger partial charge in [-0.2, -0.15) is 0 Å². The molecule has 0 amide bonds. The van der Waals surface area contributed by atoms with Crippen LogP contribution in [0.4, 0.5) is 28.4 Å². The lowest BCUT2D eigenvalue weighted by Crippen LogP contribution is -2.33. The van der Waals surface area contributed by atoms with Crippen LogP contribution in [-0.2, 0) is 0 Å². The molecule has 0 aromatic heterocycles. The first-order chi connectivity index (χ1) is 23.2. The maximum absolute atomic E-state index is 2.41. The molecule has 0 spiro atoms. The van der Waals surface area contributed by atoms with E-state index in [-0.39, 0.29) is 11.3 Å². The predicted molar refractivity (Wildman–Crippen MR) is 200 cm³/mol. The summed E-state index contributed by atoms with van der Waals surface area (Å²) < 4.78 is 0. The zero-order valence-electron chi connectivity index (χ0n) is 26.4. The van der Waals surface area contributed by atoms with Crippen molar-refractivity contribution in [3.05, 3.63) is 200 Å². The Morgan fingerprint density at radius 1 is 0.468 bits per heavy atom. The van der Waals surface area contributed by atoms with Crippen LogP contribution in [0.3, 0.4) is 0 Å². The topological polar surface area (TPSA) is 6.48 Å². The zero-order valence-corrected chi connectivity index (χ0v) is 26.4. The molecule has 6 aromatic carbocycles. The van der Waals surface area contributed by atoms with Gasteiger partial charge in [0.05, 0.1) is 5.69 Å². The Morgan fingerprint density at radius 2 is 1.00 bits per heavy atom. The van der Waals surface area contributed by atoms with Crippen LogP contribution in [0, 0.1) is 11.3 Å². The molecule has 2 nitrogen and oxygen atoms in total. The summed E-state index contributed by atoms with van der Waals surface area (Å²) in [5.74, 6) is 0.249. The van der Waals surface area contributed by atoms with Crippen LogP contribution in [-0.4, -0.2) is 0 Å². The Hall–Kier alpha value is -5.86. The lowest BCUT2D eigenvalue weighted by Gasteiger charge is -2.41. The van der Waals surface area contributed by atoms with E-state index < -0.39 is 0 Å². The number of allylic oxidation sites excluding steroid dienone is 7. The van der Waals surface area contributed by atoms with E-state index in [9.17, 15) is 0 Å². The molecule has 6 aromatic rings. The number of benzene rings is 6. The number of hydrogen-bond acceptors (Lipinski definition) is 2. The van der Waals surface area contributed by atoms with E-state index in [1.165, 1.54) is 33.3 Å². The second kappa shape index (κ2) is 12.2. The molecular weight excluding hydrogens is 569 g/mol. The fraction of sp³-hybridized carbons (Fsp3) is 0.0667. The van der Waals surface area contributed by atoms with Crippen molar-refractivity contribution in [3.8, 4) is 11.1 Å². The van der Waals surface area contributed by atoms with Crippen molar-refractivity contribution in [2.24, 2.45) is 11.3 Å². The zero-order chi connectivity index (χ0) is 31.6. The monoisotopic (exact) mass is 604 g/mol. The second-order valence-corrected chi connectivity index (χ2v) is 12.5. The second-order valence-electron chi connectivity index (χ2n) is 12.5. The molecule has 0 heterocycles.